The molecule has 0 amide bonds. The normalized spacial score (nSPS) is 27.7. The summed E-state index contributed by atoms with van der Waals surface area (Å²) in [4.78, 5) is 0. The summed E-state index contributed by atoms with van der Waals surface area (Å²) >= 11 is 0. The lowest BCUT2D eigenvalue weighted by Gasteiger charge is -2.32. The molecule has 0 nitrogen and oxygen atoms in total. The van der Waals surface area contributed by atoms with Crippen LogP contribution in [-0.2, 0) is 6.18 Å². The van der Waals surface area contributed by atoms with Crippen LogP contribution in [-0.4, -0.2) is 0 Å². The smallest absolute Gasteiger partial charge is 0.206 e. The first kappa shape index (κ1) is 24.3. The van der Waals surface area contributed by atoms with Gasteiger partial charge < -0.3 is 0 Å². The van der Waals surface area contributed by atoms with Crippen molar-refractivity contribution in [1.29, 1.82) is 0 Å². The zero-order valence-electron chi connectivity index (χ0n) is 18.5. The van der Waals surface area contributed by atoms with Crippen molar-refractivity contribution in [2.24, 2.45) is 17.8 Å². The zero-order valence-corrected chi connectivity index (χ0v) is 18.5. The van der Waals surface area contributed by atoms with E-state index in [9.17, 15) is 22.0 Å². The molecule has 2 fully saturated rings. The van der Waals surface area contributed by atoms with E-state index in [1.54, 1.807) is 0 Å². The molecule has 1 aromatic carbocycles. The fourth-order valence-corrected chi connectivity index (χ4v) is 5.66. The van der Waals surface area contributed by atoms with Crippen molar-refractivity contribution in [1.82, 2.24) is 0 Å². The van der Waals surface area contributed by atoms with Gasteiger partial charge in [-0.2, -0.15) is 13.2 Å². The van der Waals surface area contributed by atoms with Crippen LogP contribution in [0.5, 0.6) is 0 Å². The first-order chi connectivity index (χ1) is 14.8. The Morgan fingerprint density at radius 1 is 0.774 bits per heavy atom. The summed E-state index contributed by atoms with van der Waals surface area (Å²) < 4.78 is 66.2. The van der Waals surface area contributed by atoms with Crippen molar-refractivity contribution >= 4 is 0 Å². The third-order valence-electron chi connectivity index (χ3n) is 7.59. The van der Waals surface area contributed by atoms with Crippen LogP contribution < -0.4 is 0 Å². The van der Waals surface area contributed by atoms with Crippen LogP contribution in [0.15, 0.2) is 24.3 Å². The Kier molecular flexibility index (Phi) is 8.58. The van der Waals surface area contributed by atoms with Gasteiger partial charge in [-0.15, -0.1) is 0 Å². The second-order valence-electron chi connectivity index (χ2n) is 9.69. The molecule has 0 unspecified atom stereocenters. The van der Waals surface area contributed by atoms with Gasteiger partial charge in [0.25, 0.3) is 0 Å². The molecule has 0 atom stereocenters. The van der Waals surface area contributed by atoms with Gasteiger partial charge in [-0.3, -0.25) is 0 Å². The molecule has 0 bridgehead atoms. The first-order valence-corrected chi connectivity index (χ1v) is 11.9. The minimum Gasteiger partial charge on any atom is -0.206 e. The number of allylic oxidation sites excluding steroid dienone is 2. The minimum atomic E-state index is -5.00. The van der Waals surface area contributed by atoms with Crippen molar-refractivity contribution in [3.63, 3.8) is 0 Å². The highest BCUT2D eigenvalue weighted by Gasteiger charge is 2.38. The summed E-state index contributed by atoms with van der Waals surface area (Å²) in [6, 6.07) is 1.79. The number of hydrogen-bond donors (Lipinski definition) is 0. The summed E-state index contributed by atoms with van der Waals surface area (Å²) in [5, 5.41) is 0. The van der Waals surface area contributed by atoms with Crippen LogP contribution >= 0.6 is 0 Å². The monoisotopic (exact) mass is 442 g/mol. The third-order valence-corrected chi connectivity index (χ3v) is 7.59. The summed E-state index contributed by atoms with van der Waals surface area (Å²) in [5.41, 5.74) is -1.40. The van der Waals surface area contributed by atoms with Crippen molar-refractivity contribution in [2.45, 2.75) is 96.1 Å². The third kappa shape index (κ3) is 6.79. The molecule has 2 aliphatic carbocycles. The molecule has 2 saturated carbocycles. The van der Waals surface area contributed by atoms with Gasteiger partial charge in [-0.05, 0) is 86.8 Å². The van der Waals surface area contributed by atoms with Crippen LogP contribution in [0.2, 0.25) is 0 Å². The predicted octanol–water partition coefficient (Wildman–Crippen LogP) is 9.20. The van der Waals surface area contributed by atoms with Gasteiger partial charge in [0.05, 0.1) is 0 Å². The van der Waals surface area contributed by atoms with Crippen molar-refractivity contribution in [2.75, 3.05) is 0 Å². The van der Waals surface area contributed by atoms with E-state index in [-0.39, 0.29) is 5.92 Å². The highest BCUT2D eigenvalue weighted by atomic mass is 19.4. The van der Waals surface area contributed by atoms with Crippen LogP contribution in [0.1, 0.15) is 101 Å². The Labute approximate surface area is 183 Å². The molecular formula is C26H35F5. The average molecular weight is 443 g/mol. The molecular weight excluding hydrogens is 407 g/mol. The maximum Gasteiger partial charge on any atom is 0.422 e. The van der Waals surface area contributed by atoms with Crippen LogP contribution in [0.4, 0.5) is 22.0 Å². The molecule has 0 radical (unpaired) electrons. The number of hydrogen-bond acceptors (Lipinski definition) is 0. The van der Waals surface area contributed by atoms with E-state index in [4.69, 9.17) is 0 Å². The standard InChI is InChI=1S/C26H35F5/c1-2-3-4-5-18-6-8-19(9-7-18)10-11-20-12-14-21(15-13-20)22-16-23(27)25(24(28)17-22)26(29,30)31/h2-3,16-21H,4-15H2,1H3/b3-2+/t18-,19-,20-,21-. The van der Waals surface area contributed by atoms with Crippen LogP contribution in [0.25, 0.3) is 0 Å². The molecule has 0 spiro atoms. The van der Waals surface area contributed by atoms with E-state index >= 15 is 0 Å². The lowest BCUT2D eigenvalue weighted by atomic mass is 9.74. The number of benzene rings is 1. The Morgan fingerprint density at radius 2 is 1.23 bits per heavy atom. The number of halogens is 5. The minimum absolute atomic E-state index is 0.0462. The molecule has 0 heterocycles. The zero-order chi connectivity index (χ0) is 22.4. The molecule has 1 aromatic rings. The molecule has 3 rings (SSSR count). The topological polar surface area (TPSA) is 0 Å². The summed E-state index contributed by atoms with van der Waals surface area (Å²) in [6.45, 7) is 2.07. The number of rotatable bonds is 7. The van der Waals surface area contributed by atoms with E-state index in [1.165, 1.54) is 51.4 Å². The molecule has 0 aromatic heterocycles. The van der Waals surface area contributed by atoms with E-state index in [0.717, 1.165) is 49.7 Å². The first-order valence-electron chi connectivity index (χ1n) is 11.9. The molecule has 5 heteroatoms. The van der Waals surface area contributed by atoms with E-state index < -0.39 is 23.4 Å². The SMILES string of the molecule is C/C=C/CC[C@H]1CC[C@H](CC[C@H]2CC[C@H](c3cc(F)c(C(F)(F)F)c(F)c3)CC2)CC1. The van der Waals surface area contributed by atoms with Crippen LogP contribution in [0.3, 0.4) is 0 Å². The average Bonchev–Trinajstić information content (AvgIpc) is 2.72. The fourth-order valence-electron chi connectivity index (χ4n) is 5.66. The van der Waals surface area contributed by atoms with Gasteiger partial charge in [0.15, 0.2) is 0 Å². The van der Waals surface area contributed by atoms with E-state index in [0.29, 0.717) is 11.5 Å². The maximum atomic E-state index is 13.9. The molecule has 0 N–H and O–H groups in total. The molecule has 0 aliphatic heterocycles. The van der Waals surface area contributed by atoms with Gasteiger partial charge in [-0.1, -0.05) is 50.7 Å². The van der Waals surface area contributed by atoms with Crippen LogP contribution in [0, 0.1) is 29.4 Å². The second-order valence-corrected chi connectivity index (χ2v) is 9.69. The predicted molar refractivity (Wildman–Crippen MR) is 115 cm³/mol. The van der Waals surface area contributed by atoms with Crippen molar-refractivity contribution in [3.05, 3.63) is 47.0 Å². The second kappa shape index (κ2) is 11.0. The lowest BCUT2D eigenvalue weighted by molar-refractivity contribution is -0.142. The molecule has 2 aliphatic rings. The van der Waals surface area contributed by atoms with Crippen molar-refractivity contribution in [3.8, 4) is 0 Å². The molecule has 174 valence electrons. The highest BCUT2D eigenvalue weighted by Crippen LogP contribution is 2.42. The van der Waals surface area contributed by atoms with Gasteiger partial charge in [0.1, 0.15) is 17.2 Å². The Morgan fingerprint density at radius 3 is 1.68 bits per heavy atom. The van der Waals surface area contributed by atoms with E-state index in [1.807, 2.05) is 0 Å². The van der Waals surface area contributed by atoms with Gasteiger partial charge in [0.2, 0.25) is 0 Å². The van der Waals surface area contributed by atoms with Gasteiger partial charge in [-0.25, -0.2) is 8.78 Å². The summed E-state index contributed by atoms with van der Waals surface area (Å²) in [7, 11) is 0. The maximum absolute atomic E-state index is 13.9. The highest BCUT2D eigenvalue weighted by molar-refractivity contribution is 5.30. The Bertz CT molecular complexity index is 697. The van der Waals surface area contributed by atoms with Gasteiger partial charge in [0, 0.05) is 0 Å². The largest absolute Gasteiger partial charge is 0.422 e. The molecule has 31 heavy (non-hydrogen) atoms. The number of alkyl halides is 3. The quantitative estimate of drug-likeness (QED) is 0.292. The molecule has 0 saturated heterocycles. The van der Waals surface area contributed by atoms with Crippen molar-refractivity contribution < 1.29 is 22.0 Å². The summed E-state index contributed by atoms with van der Waals surface area (Å²) in [5.74, 6) is -0.693. The Hall–Kier alpha value is -1.39. The Balaban J connectivity index is 1.42. The fraction of sp³-hybridized carbons (Fsp3) is 0.692. The van der Waals surface area contributed by atoms with Gasteiger partial charge >= 0.3 is 6.18 Å². The van der Waals surface area contributed by atoms with E-state index in [2.05, 4.69) is 19.1 Å². The lowest BCUT2D eigenvalue weighted by Crippen LogP contribution is -2.18. The summed E-state index contributed by atoms with van der Waals surface area (Å²) in [6.07, 6.45) is 13.3.